The number of methoxy groups -OCH3 is 1. The van der Waals surface area contributed by atoms with Crippen LogP contribution in [0, 0.1) is 12.8 Å². The first-order valence-electron chi connectivity index (χ1n) is 8.59. The Bertz CT molecular complexity index is 691. The fourth-order valence-corrected chi connectivity index (χ4v) is 3.10. The summed E-state index contributed by atoms with van der Waals surface area (Å²) in [6.07, 6.45) is 6.27. The summed E-state index contributed by atoms with van der Waals surface area (Å²) >= 11 is 0. The average Bonchev–Trinajstić information content (AvgIpc) is 3.08. The lowest BCUT2D eigenvalue weighted by Crippen LogP contribution is -2.38. The van der Waals surface area contributed by atoms with Crippen molar-refractivity contribution in [1.82, 2.24) is 20.1 Å². The summed E-state index contributed by atoms with van der Waals surface area (Å²) in [5, 5.41) is 6.97. The number of carbonyl (C=O) groups is 1. The number of hydrogen-bond acceptors (Lipinski definition) is 5. The molecule has 1 amide bonds. The van der Waals surface area contributed by atoms with E-state index in [2.05, 4.69) is 15.2 Å². The second kappa shape index (κ2) is 8.00. The van der Waals surface area contributed by atoms with Gasteiger partial charge in [-0.3, -0.25) is 10.1 Å². The number of H-pyrrole nitrogens is 1. The zero-order valence-corrected chi connectivity index (χ0v) is 14.7. The van der Waals surface area contributed by atoms with E-state index < -0.39 is 0 Å². The number of nitrogens with one attached hydrogen (secondary N) is 1. The molecule has 0 bridgehead atoms. The molecule has 1 aliphatic rings. The summed E-state index contributed by atoms with van der Waals surface area (Å²) in [6, 6.07) is 3.87. The molecule has 2 aromatic heterocycles. The van der Waals surface area contributed by atoms with E-state index in [-0.39, 0.29) is 6.09 Å². The van der Waals surface area contributed by atoms with E-state index in [1.54, 1.807) is 17.3 Å². The third kappa shape index (κ3) is 4.29. The standard InChI is InChI=1S/C18H24N4O3/c1-13-11-20-21-17(13)16-4-3-15(12-19-16)25-10-7-14-5-8-22(9-6-14)18(23)24-2/h3-4,11-12,14H,5-10H2,1-2H3,(H,20,21). The Morgan fingerprint density at radius 3 is 2.72 bits per heavy atom. The highest BCUT2D eigenvalue weighted by Crippen LogP contribution is 2.23. The fraction of sp³-hybridized carbons (Fsp3) is 0.500. The van der Waals surface area contributed by atoms with Gasteiger partial charge in [-0.1, -0.05) is 0 Å². The Hall–Kier alpha value is -2.57. The number of aryl methyl sites for hydroxylation is 1. The van der Waals surface area contributed by atoms with Gasteiger partial charge >= 0.3 is 6.09 Å². The van der Waals surface area contributed by atoms with E-state index in [0.29, 0.717) is 12.5 Å². The van der Waals surface area contributed by atoms with Crippen molar-refractivity contribution in [3.63, 3.8) is 0 Å². The summed E-state index contributed by atoms with van der Waals surface area (Å²) in [7, 11) is 1.43. The van der Waals surface area contributed by atoms with Gasteiger partial charge in [0.15, 0.2) is 0 Å². The maximum absolute atomic E-state index is 11.5. The average molecular weight is 344 g/mol. The van der Waals surface area contributed by atoms with Gasteiger partial charge < -0.3 is 14.4 Å². The van der Waals surface area contributed by atoms with Gasteiger partial charge in [0.05, 0.1) is 37.5 Å². The van der Waals surface area contributed by atoms with E-state index in [1.165, 1.54) is 7.11 Å². The maximum Gasteiger partial charge on any atom is 0.409 e. The molecule has 3 rings (SSSR count). The highest BCUT2D eigenvalue weighted by Gasteiger charge is 2.22. The Morgan fingerprint density at radius 2 is 2.12 bits per heavy atom. The number of amides is 1. The Morgan fingerprint density at radius 1 is 1.32 bits per heavy atom. The van der Waals surface area contributed by atoms with Crippen LogP contribution in [0.1, 0.15) is 24.8 Å². The molecule has 0 atom stereocenters. The fourth-order valence-electron chi connectivity index (χ4n) is 3.10. The number of rotatable bonds is 5. The first kappa shape index (κ1) is 17.3. The number of aromatic amines is 1. The second-order valence-corrected chi connectivity index (χ2v) is 6.34. The number of carbonyl (C=O) groups excluding carboxylic acids is 1. The van der Waals surface area contributed by atoms with Crippen LogP contribution in [0.15, 0.2) is 24.5 Å². The van der Waals surface area contributed by atoms with Gasteiger partial charge in [0, 0.05) is 13.1 Å². The highest BCUT2D eigenvalue weighted by molar-refractivity contribution is 5.67. The predicted molar refractivity (Wildman–Crippen MR) is 93.4 cm³/mol. The Balaban J connectivity index is 1.42. The van der Waals surface area contributed by atoms with E-state index in [1.807, 2.05) is 19.1 Å². The number of nitrogens with zero attached hydrogens (tertiary/aromatic N) is 3. The molecule has 0 spiro atoms. The number of likely N-dealkylation sites (tertiary alicyclic amines) is 1. The molecule has 1 aliphatic heterocycles. The first-order valence-corrected chi connectivity index (χ1v) is 8.59. The highest BCUT2D eigenvalue weighted by atomic mass is 16.5. The van der Waals surface area contributed by atoms with E-state index >= 15 is 0 Å². The smallest absolute Gasteiger partial charge is 0.409 e. The molecule has 0 radical (unpaired) electrons. The van der Waals surface area contributed by atoms with Gasteiger partial charge in [0.25, 0.3) is 0 Å². The zero-order chi connectivity index (χ0) is 17.6. The van der Waals surface area contributed by atoms with Gasteiger partial charge in [0.1, 0.15) is 5.75 Å². The predicted octanol–water partition coefficient (Wildman–Crippen LogP) is 3.03. The van der Waals surface area contributed by atoms with Crippen molar-refractivity contribution in [2.75, 3.05) is 26.8 Å². The molecule has 3 heterocycles. The van der Waals surface area contributed by atoms with Crippen LogP contribution in [-0.4, -0.2) is 53.0 Å². The number of piperidine rings is 1. The maximum atomic E-state index is 11.5. The Kier molecular flexibility index (Phi) is 5.53. The lowest BCUT2D eigenvalue weighted by atomic mass is 9.94. The summed E-state index contributed by atoms with van der Waals surface area (Å²) in [5.74, 6) is 1.36. The van der Waals surface area contributed by atoms with Gasteiger partial charge in [-0.05, 0) is 49.8 Å². The lowest BCUT2D eigenvalue weighted by molar-refractivity contribution is 0.102. The number of aromatic nitrogens is 3. The molecule has 1 saturated heterocycles. The molecule has 7 heteroatoms. The SMILES string of the molecule is COC(=O)N1CCC(CCOc2ccc(-c3[nH]ncc3C)nc2)CC1. The topological polar surface area (TPSA) is 80.3 Å². The molecule has 0 saturated carbocycles. The van der Waals surface area contributed by atoms with Crippen LogP contribution in [0.2, 0.25) is 0 Å². The van der Waals surface area contributed by atoms with Crippen LogP contribution in [0.5, 0.6) is 5.75 Å². The van der Waals surface area contributed by atoms with E-state index in [9.17, 15) is 4.79 Å². The molecule has 0 unspecified atom stereocenters. The van der Waals surface area contributed by atoms with E-state index in [4.69, 9.17) is 9.47 Å². The zero-order valence-electron chi connectivity index (χ0n) is 14.7. The second-order valence-electron chi connectivity index (χ2n) is 6.34. The third-order valence-corrected chi connectivity index (χ3v) is 4.66. The summed E-state index contributed by atoms with van der Waals surface area (Å²) < 4.78 is 10.6. The van der Waals surface area contributed by atoms with Crippen LogP contribution < -0.4 is 4.74 Å². The van der Waals surface area contributed by atoms with Crippen LogP contribution in [-0.2, 0) is 4.74 Å². The first-order chi connectivity index (χ1) is 12.2. The van der Waals surface area contributed by atoms with Crippen molar-refractivity contribution in [1.29, 1.82) is 0 Å². The summed E-state index contributed by atoms with van der Waals surface area (Å²) in [5.41, 5.74) is 2.86. The summed E-state index contributed by atoms with van der Waals surface area (Å²) in [6.45, 7) is 4.18. The van der Waals surface area contributed by atoms with Crippen LogP contribution in [0.4, 0.5) is 4.79 Å². The van der Waals surface area contributed by atoms with Gasteiger partial charge in [0.2, 0.25) is 0 Å². The molecule has 1 fully saturated rings. The Labute approximate surface area is 147 Å². The molecule has 25 heavy (non-hydrogen) atoms. The van der Waals surface area contributed by atoms with Crippen molar-refractivity contribution in [2.45, 2.75) is 26.2 Å². The largest absolute Gasteiger partial charge is 0.492 e. The van der Waals surface area contributed by atoms with Crippen LogP contribution in [0.3, 0.4) is 0 Å². The minimum absolute atomic E-state index is 0.228. The minimum Gasteiger partial charge on any atom is -0.492 e. The molecule has 0 aliphatic carbocycles. The van der Waals surface area contributed by atoms with Crippen molar-refractivity contribution in [3.05, 3.63) is 30.1 Å². The molecule has 1 N–H and O–H groups in total. The normalized spacial score (nSPS) is 15.2. The van der Waals surface area contributed by atoms with Crippen molar-refractivity contribution < 1.29 is 14.3 Å². The third-order valence-electron chi connectivity index (χ3n) is 4.66. The van der Waals surface area contributed by atoms with E-state index in [0.717, 1.165) is 55.1 Å². The van der Waals surface area contributed by atoms with Gasteiger partial charge in [-0.2, -0.15) is 5.10 Å². The molecular weight excluding hydrogens is 320 g/mol. The van der Waals surface area contributed by atoms with Crippen LogP contribution in [0.25, 0.3) is 11.4 Å². The summed E-state index contributed by atoms with van der Waals surface area (Å²) in [4.78, 5) is 17.7. The minimum atomic E-state index is -0.228. The van der Waals surface area contributed by atoms with Crippen LogP contribution >= 0.6 is 0 Å². The monoisotopic (exact) mass is 344 g/mol. The molecule has 7 nitrogen and oxygen atoms in total. The van der Waals surface area contributed by atoms with Crippen molar-refractivity contribution in [3.8, 4) is 17.1 Å². The van der Waals surface area contributed by atoms with Gasteiger partial charge in [-0.25, -0.2) is 4.79 Å². The molecule has 134 valence electrons. The number of hydrogen-bond donors (Lipinski definition) is 1. The molecule has 0 aromatic carbocycles. The molecule has 2 aromatic rings. The number of ether oxygens (including phenoxy) is 2. The molecular formula is C18H24N4O3. The lowest BCUT2D eigenvalue weighted by Gasteiger charge is -2.30. The van der Waals surface area contributed by atoms with Crippen molar-refractivity contribution in [2.24, 2.45) is 5.92 Å². The van der Waals surface area contributed by atoms with Crippen molar-refractivity contribution >= 4 is 6.09 Å². The number of pyridine rings is 1. The quantitative estimate of drug-likeness (QED) is 0.902. The van der Waals surface area contributed by atoms with Gasteiger partial charge in [-0.15, -0.1) is 0 Å².